The maximum atomic E-state index is 11.0. The van der Waals surface area contributed by atoms with Crippen LogP contribution in [0.4, 0.5) is 0 Å². The van der Waals surface area contributed by atoms with E-state index >= 15 is 0 Å². The van der Waals surface area contributed by atoms with Gasteiger partial charge in [-0.3, -0.25) is 4.90 Å². The van der Waals surface area contributed by atoms with Crippen LogP contribution in [0.15, 0.2) is 47.2 Å². The molecule has 1 aliphatic rings. The van der Waals surface area contributed by atoms with Crippen LogP contribution in [0, 0.1) is 0 Å². The van der Waals surface area contributed by atoms with Gasteiger partial charge in [0.25, 0.3) is 0 Å². The zero-order valence-electron chi connectivity index (χ0n) is 15.4. The first-order valence-corrected chi connectivity index (χ1v) is 10.7. The molecule has 1 aromatic carbocycles. The topological polar surface area (TPSA) is 41.9 Å². The number of aliphatic hydroxyl groups is 1. The van der Waals surface area contributed by atoms with Gasteiger partial charge in [0.05, 0.1) is 26.4 Å². The number of methoxy groups -OCH3 is 2. The largest absolute Gasteiger partial charge is 0.497 e. The van der Waals surface area contributed by atoms with Crippen molar-refractivity contribution in [3.05, 3.63) is 68.0 Å². The molecule has 4 rings (SSSR count). The average Bonchev–Trinajstić information content (AvgIpc) is 3.39. The Bertz CT molecular complexity index is 891. The minimum absolute atomic E-state index is 0.200. The van der Waals surface area contributed by atoms with E-state index in [0.29, 0.717) is 12.3 Å². The van der Waals surface area contributed by atoms with Crippen molar-refractivity contribution in [3.63, 3.8) is 0 Å². The van der Waals surface area contributed by atoms with Gasteiger partial charge in [-0.05, 0) is 53.1 Å². The summed E-state index contributed by atoms with van der Waals surface area (Å²) < 4.78 is 10.8. The first kappa shape index (κ1) is 18.5. The maximum Gasteiger partial charge on any atom is 0.124 e. The van der Waals surface area contributed by atoms with Crippen molar-refractivity contribution >= 4 is 22.7 Å². The molecule has 6 heteroatoms. The van der Waals surface area contributed by atoms with Gasteiger partial charge in [0, 0.05) is 28.4 Å². The number of β-amino-alcohol motifs (C(OH)–C–C–N with tert-alkyl or cyclic N) is 1. The zero-order chi connectivity index (χ0) is 18.8. The molecule has 2 aromatic heterocycles. The third kappa shape index (κ3) is 3.62. The number of nitrogens with zero attached hydrogens (tertiary/aromatic N) is 1. The van der Waals surface area contributed by atoms with Crippen molar-refractivity contribution in [2.24, 2.45) is 0 Å². The van der Waals surface area contributed by atoms with E-state index in [-0.39, 0.29) is 6.04 Å². The van der Waals surface area contributed by atoms with Gasteiger partial charge in [0.15, 0.2) is 0 Å². The summed E-state index contributed by atoms with van der Waals surface area (Å²) in [5.41, 5.74) is 2.14. The molecule has 2 atom stereocenters. The molecular weight excluding hydrogens is 378 g/mol. The van der Waals surface area contributed by atoms with Crippen LogP contribution in [0.3, 0.4) is 0 Å². The molecule has 0 amide bonds. The van der Waals surface area contributed by atoms with E-state index in [4.69, 9.17) is 9.47 Å². The van der Waals surface area contributed by atoms with Crippen LogP contribution in [0.1, 0.15) is 33.0 Å². The molecule has 0 saturated heterocycles. The summed E-state index contributed by atoms with van der Waals surface area (Å²) in [5, 5.41) is 15.3. The number of ether oxygens (including phenoxy) is 2. The lowest BCUT2D eigenvalue weighted by Gasteiger charge is -2.36. The quantitative estimate of drug-likeness (QED) is 0.660. The summed E-state index contributed by atoms with van der Waals surface area (Å²) >= 11 is 3.61. The summed E-state index contributed by atoms with van der Waals surface area (Å²) in [6.07, 6.45) is 0.370. The molecule has 0 spiro atoms. The molecule has 1 N–H and O–H groups in total. The number of rotatable bonds is 6. The van der Waals surface area contributed by atoms with Gasteiger partial charge in [0.1, 0.15) is 11.5 Å². The Morgan fingerprint density at radius 1 is 1.15 bits per heavy atom. The van der Waals surface area contributed by atoms with Gasteiger partial charge in [-0.15, -0.1) is 22.7 Å². The lowest BCUT2D eigenvalue weighted by molar-refractivity contribution is 0.0915. The monoisotopic (exact) mass is 401 g/mol. The number of aliphatic hydroxyl groups excluding tert-OH is 1. The van der Waals surface area contributed by atoms with Gasteiger partial charge in [-0.1, -0.05) is 6.07 Å². The SMILES string of the molecule is COc1ccc(OC)c([C@@H](O)CN2CCc3sccc3[C@H]2c2cccs2)c1. The van der Waals surface area contributed by atoms with Crippen molar-refractivity contribution in [1.82, 2.24) is 4.90 Å². The highest BCUT2D eigenvalue weighted by Crippen LogP contribution is 2.41. The standard InChI is InChI=1S/C21H23NO3S2/c1-24-14-5-6-18(25-2)16(12-14)17(23)13-22-9-7-19-15(8-11-27-19)21(22)20-4-3-10-26-20/h3-6,8,10-12,17,21,23H,7,9,13H2,1-2H3/t17-,21-/m0/s1. The van der Waals surface area contributed by atoms with Crippen LogP contribution in [-0.4, -0.2) is 37.3 Å². The lowest BCUT2D eigenvalue weighted by Crippen LogP contribution is -2.38. The van der Waals surface area contributed by atoms with Gasteiger partial charge in [0.2, 0.25) is 0 Å². The molecule has 3 aromatic rings. The van der Waals surface area contributed by atoms with E-state index in [1.54, 1.807) is 25.6 Å². The van der Waals surface area contributed by atoms with Crippen molar-refractivity contribution in [2.75, 3.05) is 27.3 Å². The van der Waals surface area contributed by atoms with E-state index in [1.165, 1.54) is 15.3 Å². The average molecular weight is 402 g/mol. The van der Waals surface area contributed by atoms with Crippen LogP contribution >= 0.6 is 22.7 Å². The zero-order valence-corrected chi connectivity index (χ0v) is 17.1. The van der Waals surface area contributed by atoms with E-state index < -0.39 is 6.10 Å². The molecule has 0 saturated carbocycles. The summed E-state index contributed by atoms with van der Waals surface area (Å²) in [7, 11) is 3.26. The van der Waals surface area contributed by atoms with Crippen LogP contribution in [0.25, 0.3) is 0 Å². The fourth-order valence-corrected chi connectivity index (χ4v) is 5.55. The first-order chi connectivity index (χ1) is 13.2. The number of thiophene rings is 2. The van der Waals surface area contributed by atoms with Gasteiger partial charge in [-0.2, -0.15) is 0 Å². The van der Waals surface area contributed by atoms with Crippen molar-refractivity contribution < 1.29 is 14.6 Å². The summed E-state index contributed by atoms with van der Waals surface area (Å²) in [6, 6.07) is 12.3. The molecular formula is C21H23NO3S2. The second-order valence-electron chi connectivity index (χ2n) is 6.59. The number of hydrogen-bond donors (Lipinski definition) is 1. The highest BCUT2D eigenvalue weighted by molar-refractivity contribution is 7.10. The number of hydrogen-bond acceptors (Lipinski definition) is 6. The Hall–Kier alpha value is -1.86. The van der Waals surface area contributed by atoms with Crippen molar-refractivity contribution in [3.8, 4) is 11.5 Å². The Morgan fingerprint density at radius 2 is 2.04 bits per heavy atom. The molecule has 1 aliphatic heterocycles. The Balaban J connectivity index is 1.63. The second kappa shape index (κ2) is 8.02. The Morgan fingerprint density at radius 3 is 2.78 bits per heavy atom. The van der Waals surface area contributed by atoms with Crippen LogP contribution in [0.2, 0.25) is 0 Å². The second-order valence-corrected chi connectivity index (χ2v) is 8.57. The van der Waals surface area contributed by atoms with Crippen LogP contribution < -0.4 is 9.47 Å². The number of fused-ring (bicyclic) bond motifs is 1. The molecule has 142 valence electrons. The summed E-state index contributed by atoms with van der Waals surface area (Å²) in [6.45, 7) is 1.47. The molecule has 0 aliphatic carbocycles. The first-order valence-electron chi connectivity index (χ1n) is 8.95. The summed E-state index contributed by atoms with van der Waals surface area (Å²) in [4.78, 5) is 5.15. The molecule has 27 heavy (non-hydrogen) atoms. The predicted molar refractivity (Wildman–Crippen MR) is 110 cm³/mol. The van der Waals surface area contributed by atoms with E-state index in [1.807, 2.05) is 29.5 Å². The van der Waals surface area contributed by atoms with E-state index in [0.717, 1.165) is 24.3 Å². The molecule has 0 bridgehead atoms. The third-order valence-electron chi connectivity index (χ3n) is 5.08. The highest BCUT2D eigenvalue weighted by Gasteiger charge is 2.32. The highest BCUT2D eigenvalue weighted by atomic mass is 32.1. The summed E-state index contributed by atoms with van der Waals surface area (Å²) in [5.74, 6) is 1.41. The smallest absolute Gasteiger partial charge is 0.124 e. The van der Waals surface area contributed by atoms with Gasteiger partial charge in [-0.25, -0.2) is 0 Å². The minimum Gasteiger partial charge on any atom is -0.497 e. The van der Waals surface area contributed by atoms with Crippen molar-refractivity contribution in [2.45, 2.75) is 18.6 Å². The molecule has 0 radical (unpaired) electrons. The third-order valence-corrected chi connectivity index (χ3v) is 7.00. The predicted octanol–water partition coefficient (Wildman–Crippen LogP) is 4.51. The van der Waals surface area contributed by atoms with E-state index in [2.05, 4.69) is 33.9 Å². The lowest BCUT2D eigenvalue weighted by atomic mass is 9.97. The molecule has 0 fully saturated rings. The van der Waals surface area contributed by atoms with Gasteiger partial charge >= 0.3 is 0 Å². The Labute approximate surface area is 167 Å². The molecule has 0 unspecified atom stereocenters. The normalized spacial score (nSPS) is 18.1. The molecule has 4 nitrogen and oxygen atoms in total. The van der Waals surface area contributed by atoms with Crippen LogP contribution in [-0.2, 0) is 6.42 Å². The maximum absolute atomic E-state index is 11.0. The minimum atomic E-state index is -0.655. The van der Waals surface area contributed by atoms with Gasteiger partial charge < -0.3 is 14.6 Å². The molecule has 3 heterocycles. The van der Waals surface area contributed by atoms with Crippen LogP contribution in [0.5, 0.6) is 11.5 Å². The van der Waals surface area contributed by atoms with Crippen molar-refractivity contribution in [1.29, 1.82) is 0 Å². The Kier molecular flexibility index (Phi) is 5.50. The van der Waals surface area contributed by atoms with E-state index in [9.17, 15) is 5.11 Å². The fraction of sp³-hybridized carbons (Fsp3) is 0.333. The fourth-order valence-electron chi connectivity index (χ4n) is 3.77. The number of benzene rings is 1.